The smallest absolute Gasteiger partial charge is 0.232 e. The maximum atomic E-state index is 4.59. The van der Waals surface area contributed by atoms with Crippen LogP contribution in [0, 0.1) is 20.8 Å². The Kier molecular flexibility index (Phi) is 3.92. The number of benzene rings is 2. The first-order chi connectivity index (χ1) is 12.5. The average molecular weight is 342 g/mol. The lowest BCUT2D eigenvalue weighted by Gasteiger charge is -2.12. The van der Waals surface area contributed by atoms with Gasteiger partial charge in [0.2, 0.25) is 0 Å². The molecule has 0 saturated heterocycles. The van der Waals surface area contributed by atoms with Gasteiger partial charge in [0.05, 0.1) is 12.4 Å². The maximum Gasteiger partial charge on any atom is 0.287 e. The van der Waals surface area contributed by atoms with Gasteiger partial charge in [0.25, 0.3) is 6.33 Å². The zero-order valence-electron chi connectivity index (χ0n) is 15.4. The van der Waals surface area contributed by atoms with E-state index in [0.29, 0.717) is 5.82 Å². The molecule has 5 nitrogen and oxygen atoms in total. The van der Waals surface area contributed by atoms with Crippen molar-refractivity contribution in [3.63, 3.8) is 0 Å². The number of aromatic nitrogens is 5. The Hall–Kier alpha value is -3.21. The zero-order valence-corrected chi connectivity index (χ0v) is 15.4. The molecule has 0 unspecified atom stereocenters. The van der Waals surface area contributed by atoms with Gasteiger partial charge in [0, 0.05) is 11.1 Å². The second-order valence-corrected chi connectivity index (χ2v) is 6.65. The van der Waals surface area contributed by atoms with Gasteiger partial charge in [-0.3, -0.25) is 0 Å². The van der Waals surface area contributed by atoms with E-state index >= 15 is 0 Å². The first-order valence-electron chi connectivity index (χ1n) is 8.53. The number of rotatable bonds is 2. The third-order valence-electron chi connectivity index (χ3n) is 4.79. The molecule has 5 heteroatoms. The highest BCUT2D eigenvalue weighted by molar-refractivity contribution is 5.94. The summed E-state index contributed by atoms with van der Waals surface area (Å²) in [5.41, 5.74) is 8.11. The molecule has 128 valence electrons. The van der Waals surface area contributed by atoms with Gasteiger partial charge < -0.3 is 0 Å². The van der Waals surface area contributed by atoms with Gasteiger partial charge in [-0.25, -0.2) is 19.5 Å². The van der Waals surface area contributed by atoms with Crippen molar-refractivity contribution in [1.82, 2.24) is 19.9 Å². The van der Waals surface area contributed by atoms with Crippen LogP contribution in [-0.4, -0.2) is 19.9 Å². The number of aryl methyl sites for hydroxylation is 3. The van der Waals surface area contributed by atoms with E-state index < -0.39 is 0 Å². The van der Waals surface area contributed by atoms with Gasteiger partial charge in [-0.2, -0.15) is 0 Å². The number of nitrogens with zero attached hydrogens (tertiary/aromatic N) is 5. The van der Waals surface area contributed by atoms with Gasteiger partial charge in [0.15, 0.2) is 11.3 Å². The zero-order chi connectivity index (χ0) is 18.3. The molecule has 2 aromatic heterocycles. The second kappa shape index (κ2) is 6.26. The second-order valence-electron chi connectivity index (χ2n) is 6.65. The summed E-state index contributed by atoms with van der Waals surface area (Å²) in [6.07, 6.45) is 4.91. The van der Waals surface area contributed by atoms with E-state index in [9.17, 15) is 0 Å². The molecule has 0 aliphatic carbocycles. The van der Waals surface area contributed by atoms with Crippen molar-refractivity contribution in [1.29, 1.82) is 0 Å². The quantitative estimate of drug-likeness (QED) is 0.523. The summed E-state index contributed by atoms with van der Waals surface area (Å²) in [5, 5.41) is 1.08. The van der Waals surface area contributed by atoms with Crippen molar-refractivity contribution in [3.05, 3.63) is 66.0 Å². The standard InChI is InChI=1S/C21H20N5/c1-13-7-14(2)15(3)17(8-13)20-18-9-16(21-23-10-22-11-24-21)5-6-19(18)25-12-26(20)4/h5-12H,1-4H3/q+1. The minimum atomic E-state index is 0.663. The summed E-state index contributed by atoms with van der Waals surface area (Å²) in [4.78, 5) is 17.0. The minimum Gasteiger partial charge on any atom is -0.232 e. The van der Waals surface area contributed by atoms with E-state index in [0.717, 1.165) is 22.2 Å². The third kappa shape index (κ3) is 2.71. The Morgan fingerprint density at radius 3 is 2.42 bits per heavy atom. The van der Waals surface area contributed by atoms with E-state index in [4.69, 9.17) is 0 Å². The van der Waals surface area contributed by atoms with Gasteiger partial charge in [0.1, 0.15) is 18.3 Å². The van der Waals surface area contributed by atoms with Crippen LogP contribution in [-0.2, 0) is 7.05 Å². The molecule has 0 bridgehead atoms. The predicted octanol–water partition coefficient (Wildman–Crippen LogP) is 3.50. The van der Waals surface area contributed by atoms with Crippen LogP contribution < -0.4 is 4.57 Å². The van der Waals surface area contributed by atoms with Crippen molar-refractivity contribution >= 4 is 10.9 Å². The summed E-state index contributed by atoms with van der Waals surface area (Å²) < 4.78 is 2.08. The molecule has 2 heterocycles. The largest absolute Gasteiger partial charge is 0.287 e. The average Bonchev–Trinajstić information content (AvgIpc) is 2.65. The summed E-state index contributed by atoms with van der Waals surface area (Å²) in [5.74, 6) is 0.663. The van der Waals surface area contributed by atoms with E-state index in [1.807, 2.05) is 25.5 Å². The van der Waals surface area contributed by atoms with Crippen molar-refractivity contribution in [2.75, 3.05) is 0 Å². The molecule has 0 saturated carbocycles. The van der Waals surface area contributed by atoms with Crippen molar-refractivity contribution in [2.45, 2.75) is 20.8 Å². The number of hydrogen-bond acceptors (Lipinski definition) is 4. The van der Waals surface area contributed by atoms with Gasteiger partial charge in [-0.15, -0.1) is 0 Å². The Morgan fingerprint density at radius 1 is 0.885 bits per heavy atom. The molecular weight excluding hydrogens is 322 g/mol. The first kappa shape index (κ1) is 16.3. The van der Waals surface area contributed by atoms with E-state index in [-0.39, 0.29) is 0 Å². The molecule has 0 amide bonds. The van der Waals surface area contributed by atoms with Crippen LogP contribution in [0.5, 0.6) is 0 Å². The Labute approximate surface area is 152 Å². The van der Waals surface area contributed by atoms with Gasteiger partial charge in [-0.1, -0.05) is 11.6 Å². The summed E-state index contributed by atoms with van der Waals surface area (Å²) >= 11 is 0. The molecule has 2 aromatic carbocycles. The van der Waals surface area contributed by atoms with E-state index in [1.165, 1.54) is 34.9 Å². The molecule has 0 fully saturated rings. The topological polar surface area (TPSA) is 55.4 Å². The SMILES string of the molecule is Cc1cc(C)c(C)c(-c2c3cc(-c4ncncn4)ccc3nc[n+]2C)c1. The van der Waals surface area contributed by atoms with E-state index in [2.05, 4.69) is 63.5 Å². The molecule has 4 rings (SSSR count). The Morgan fingerprint density at radius 2 is 1.65 bits per heavy atom. The maximum absolute atomic E-state index is 4.59. The summed E-state index contributed by atoms with van der Waals surface area (Å²) in [6, 6.07) is 10.6. The first-order valence-corrected chi connectivity index (χ1v) is 8.53. The molecule has 0 aliphatic heterocycles. The molecule has 0 spiro atoms. The highest BCUT2D eigenvalue weighted by Gasteiger charge is 2.19. The van der Waals surface area contributed by atoms with Crippen molar-refractivity contribution < 1.29 is 4.57 Å². The third-order valence-corrected chi connectivity index (χ3v) is 4.79. The van der Waals surface area contributed by atoms with E-state index in [1.54, 1.807) is 0 Å². The Bertz CT molecular complexity index is 1120. The number of hydrogen-bond donors (Lipinski definition) is 0. The van der Waals surface area contributed by atoms with Crippen LogP contribution in [0.4, 0.5) is 0 Å². The lowest BCUT2D eigenvalue weighted by atomic mass is 9.95. The van der Waals surface area contributed by atoms with Crippen molar-refractivity contribution in [3.8, 4) is 22.6 Å². The van der Waals surface area contributed by atoms with Gasteiger partial charge >= 0.3 is 0 Å². The van der Waals surface area contributed by atoms with Gasteiger partial charge in [-0.05, 0) is 61.1 Å². The highest BCUT2D eigenvalue weighted by atomic mass is 15.0. The molecule has 0 N–H and O–H groups in total. The molecule has 0 aliphatic rings. The van der Waals surface area contributed by atoms with Crippen LogP contribution in [0.25, 0.3) is 33.5 Å². The summed E-state index contributed by atoms with van der Waals surface area (Å²) in [7, 11) is 2.04. The molecule has 4 aromatic rings. The number of fused-ring (bicyclic) bond motifs is 1. The van der Waals surface area contributed by atoms with Crippen molar-refractivity contribution in [2.24, 2.45) is 7.05 Å². The molecule has 26 heavy (non-hydrogen) atoms. The molecule has 0 atom stereocenters. The van der Waals surface area contributed by atoms with Crippen LogP contribution in [0.3, 0.4) is 0 Å². The Balaban J connectivity index is 2.04. The normalized spacial score (nSPS) is 11.1. The minimum absolute atomic E-state index is 0.663. The highest BCUT2D eigenvalue weighted by Crippen LogP contribution is 2.31. The molecule has 0 radical (unpaired) electrons. The summed E-state index contributed by atoms with van der Waals surface area (Å²) in [6.45, 7) is 6.47. The molecular formula is C21H20N5+. The lowest BCUT2D eigenvalue weighted by Crippen LogP contribution is -2.32. The predicted molar refractivity (Wildman–Crippen MR) is 101 cm³/mol. The fraction of sp³-hybridized carbons (Fsp3) is 0.190. The van der Waals surface area contributed by atoms with Crippen LogP contribution in [0.2, 0.25) is 0 Å². The van der Waals surface area contributed by atoms with Crippen LogP contribution >= 0.6 is 0 Å². The fourth-order valence-electron chi connectivity index (χ4n) is 3.38. The fourth-order valence-corrected chi connectivity index (χ4v) is 3.38. The monoisotopic (exact) mass is 342 g/mol. The lowest BCUT2D eigenvalue weighted by molar-refractivity contribution is -0.662. The van der Waals surface area contributed by atoms with Crippen LogP contribution in [0.1, 0.15) is 16.7 Å². The van der Waals surface area contributed by atoms with Crippen LogP contribution in [0.15, 0.2) is 49.3 Å².